The molecule has 2 fully saturated rings. The molecular formula is C16H23N5O2. The third kappa shape index (κ3) is 3.10. The molecule has 2 amide bonds. The van der Waals surface area contributed by atoms with E-state index in [4.69, 9.17) is 4.74 Å². The van der Waals surface area contributed by atoms with Gasteiger partial charge in [0.25, 0.3) is 0 Å². The summed E-state index contributed by atoms with van der Waals surface area (Å²) in [5.41, 5.74) is 2.53. The number of rotatable bonds is 3. The molecule has 7 heteroatoms. The van der Waals surface area contributed by atoms with Gasteiger partial charge in [0.2, 0.25) is 0 Å². The number of fused-ring (bicyclic) bond motifs is 1. The van der Waals surface area contributed by atoms with Crippen LogP contribution >= 0.6 is 0 Å². The summed E-state index contributed by atoms with van der Waals surface area (Å²) in [7, 11) is 0. The minimum absolute atomic E-state index is 0.0315. The van der Waals surface area contributed by atoms with Crippen molar-refractivity contribution in [3.05, 3.63) is 17.3 Å². The summed E-state index contributed by atoms with van der Waals surface area (Å²) in [6.07, 6.45) is 3.40. The van der Waals surface area contributed by atoms with Crippen molar-refractivity contribution in [3.8, 4) is 0 Å². The third-order valence-corrected chi connectivity index (χ3v) is 4.93. The lowest BCUT2D eigenvalue weighted by molar-refractivity contribution is 0.0529. The van der Waals surface area contributed by atoms with Crippen molar-refractivity contribution in [3.63, 3.8) is 0 Å². The second kappa shape index (κ2) is 6.31. The maximum absolute atomic E-state index is 12.0. The van der Waals surface area contributed by atoms with Crippen LogP contribution in [0.2, 0.25) is 0 Å². The predicted molar refractivity (Wildman–Crippen MR) is 85.6 cm³/mol. The Hall–Kier alpha value is -1.89. The summed E-state index contributed by atoms with van der Waals surface area (Å²) in [6, 6.07) is 2.22. The van der Waals surface area contributed by atoms with E-state index in [1.54, 1.807) is 0 Å². The van der Waals surface area contributed by atoms with Crippen LogP contribution in [-0.4, -0.2) is 67.1 Å². The highest BCUT2D eigenvalue weighted by atomic mass is 16.5. The van der Waals surface area contributed by atoms with Gasteiger partial charge in [0.1, 0.15) is 0 Å². The SMILES string of the molecule is O=C(NCC1CN(c2cc3c(nn2)CCC3)C1)N1CCOCC1. The Kier molecular flexibility index (Phi) is 4.03. The number of anilines is 1. The molecule has 2 saturated heterocycles. The van der Waals surface area contributed by atoms with E-state index in [0.717, 1.165) is 38.3 Å². The molecule has 1 aromatic rings. The lowest BCUT2D eigenvalue weighted by atomic mass is 10.00. The normalized spacial score (nSPS) is 21.0. The number of nitrogens with one attached hydrogen (secondary N) is 1. The molecule has 0 atom stereocenters. The van der Waals surface area contributed by atoms with E-state index in [2.05, 4.69) is 26.5 Å². The Balaban J connectivity index is 1.23. The summed E-state index contributed by atoms with van der Waals surface area (Å²) >= 11 is 0. The molecule has 0 unspecified atom stereocenters. The molecule has 1 aromatic heterocycles. The molecule has 4 rings (SSSR count). The zero-order chi connectivity index (χ0) is 15.6. The van der Waals surface area contributed by atoms with Gasteiger partial charge < -0.3 is 19.9 Å². The molecule has 124 valence electrons. The van der Waals surface area contributed by atoms with Crippen LogP contribution < -0.4 is 10.2 Å². The number of nitrogens with zero attached hydrogens (tertiary/aromatic N) is 4. The lowest BCUT2D eigenvalue weighted by Gasteiger charge is -2.40. The Morgan fingerprint density at radius 3 is 2.91 bits per heavy atom. The van der Waals surface area contributed by atoms with E-state index >= 15 is 0 Å². The van der Waals surface area contributed by atoms with Crippen LogP contribution in [-0.2, 0) is 17.6 Å². The van der Waals surface area contributed by atoms with Gasteiger partial charge in [-0.1, -0.05) is 0 Å². The number of urea groups is 1. The van der Waals surface area contributed by atoms with Crippen LogP contribution in [0.15, 0.2) is 6.07 Å². The first-order chi connectivity index (χ1) is 11.3. The third-order valence-electron chi connectivity index (χ3n) is 4.93. The van der Waals surface area contributed by atoms with Gasteiger partial charge in [0.15, 0.2) is 5.82 Å². The van der Waals surface area contributed by atoms with Gasteiger partial charge in [-0.2, -0.15) is 5.10 Å². The van der Waals surface area contributed by atoms with E-state index < -0.39 is 0 Å². The number of hydrogen-bond acceptors (Lipinski definition) is 5. The van der Waals surface area contributed by atoms with Crippen LogP contribution in [0, 0.1) is 5.92 Å². The topological polar surface area (TPSA) is 70.6 Å². The maximum atomic E-state index is 12.0. The Morgan fingerprint density at radius 1 is 1.26 bits per heavy atom. The molecule has 0 spiro atoms. The quantitative estimate of drug-likeness (QED) is 0.876. The molecule has 7 nitrogen and oxygen atoms in total. The Bertz CT molecular complexity index is 582. The molecule has 1 aliphatic carbocycles. The van der Waals surface area contributed by atoms with Crippen molar-refractivity contribution in [1.29, 1.82) is 0 Å². The number of carbonyl (C=O) groups is 1. The first-order valence-electron chi connectivity index (χ1n) is 8.50. The monoisotopic (exact) mass is 317 g/mol. The second-order valence-corrected chi connectivity index (χ2v) is 6.58. The zero-order valence-corrected chi connectivity index (χ0v) is 13.3. The number of aromatic nitrogens is 2. The second-order valence-electron chi connectivity index (χ2n) is 6.58. The van der Waals surface area contributed by atoms with Crippen LogP contribution in [0.25, 0.3) is 0 Å². The van der Waals surface area contributed by atoms with Gasteiger partial charge >= 0.3 is 6.03 Å². The molecule has 0 radical (unpaired) electrons. The average Bonchev–Trinajstić information content (AvgIpc) is 3.01. The summed E-state index contributed by atoms with van der Waals surface area (Å²) in [4.78, 5) is 16.1. The van der Waals surface area contributed by atoms with Crippen molar-refractivity contribution in [2.75, 3.05) is 50.8 Å². The van der Waals surface area contributed by atoms with E-state index in [9.17, 15) is 4.79 Å². The van der Waals surface area contributed by atoms with Gasteiger partial charge in [-0.05, 0) is 30.9 Å². The maximum Gasteiger partial charge on any atom is 0.317 e. The van der Waals surface area contributed by atoms with Gasteiger partial charge in [-0.25, -0.2) is 4.79 Å². The molecule has 23 heavy (non-hydrogen) atoms. The van der Waals surface area contributed by atoms with Crippen LogP contribution in [0.1, 0.15) is 17.7 Å². The van der Waals surface area contributed by atoms with E-state index in [1.807, 2.05) is 4.90 Å². The number of ether oxygens (including phenoxy) is 1. The lowest BCUT2D eigenvalue weighted by Crippen LogP contribution is -2.54. The highest BCUT2D eigenvalue weighted by Gasteiger charge is 2.29. The fourth-order valence-corrected chi connectivity index (χ4v) is 3.47. The molecule has 0 bridgehead atoms. The fraction of sp³-hybridized carbons (Fsp3) is 0.688. The van der Waals surface area contributed by atoms with Crippen molar-refractivity contribution < 1.29 is 9.53 Å². The van der Waals surface area contributed by atoms with Gasteiger partial charge in [-0.15, -0.1) is 5.10 Å². The minimum Gasteiger partial charge on any atom is -0.378 e. The average molecular weight is 317 g/mol. The summed E-state index contributed by atoms with van der Waals surface area (Å²) in [6.45, 7) is 5.27. The number of hydrogen-bond donors (Lipinski definition) is 1. The minimum atomic E-state index is 0.0315. The fourth-order valence-electron chi connectivity index (χ4n) is 3.47. The van der Waals surface area contributed by atoms with Crippen molar-refractivity contribution in [1.82, 2.24) is 20.4 Å². The first kappa shape index (κ1) is 14.7. The summed E-state index contributed by atoms with van der Waals surface area (Å²) < 4.78 is 5.26. The molecule has 0 aromatic carbocycles. The van der Waals surface area contributed by atoms with Crippen molar-refractivity contribution in [2.45, 2.75) is 19.3 Å². The highest BCUT2D eigenvalue weighted by Crippen LogP contribution is 2.26. The van der Waals surface area contributed by atoms with Crippen LogP contribution in [0.5, 0.6) is 0 Å². The highest BCUT2D eigenvalue weighted by molar-refractivity contribution is 5.74. The standard InChI is InChI=1S/C16H23N5O2/c22-16(20-4-6-23-7-5-20)17-9-12-10-21(11-12)15-8-13-2-1-3-14(13)18-19-15/h8,12H,1-7,9-11H2,(H,17,22). The van der Waals surface area contributed by atoms with Gasteiger partial charge in [-0.3, -0.25) is 0 Å². The summed E-state index contributed by atoms with van der Waals surface area (Å²) in [5, 5.41) is 11.7. The number of amides is 2. The zero-order valence-electron chi connectivity index (χ0n) is 13.3. The van der Waals surface area contributed by atoms with Gasteiger partial charge in [0, 0.05) is 38.6 Å². The van der Waals surface area contributed by atoms with Crippen LogP contribution in [0.3, 0.4) is 0 Å². The van der Waals surface area contributed by atoms with E-state index in [0.29, 0.717) is 32.2 Å². The van der Waals surface area contributed by atoms with Crippen LogP contribution in [0.4, 0.5) is 10.6 Å². The molecule has 2 aliphatic heterocycles. The first-order valence-corrected chi connectivity index (χ1v) is 8.50. The molecule has 0 saturated carbocycles. The Labute approximate surface area is 136 Å². The van der Waals surface area contributed by atoms with Crippen molar-refractivity contribution >= 4 is 11.8 Å². The number of aryl methyl sites for hydroxylation is 2. The predicted octanol–water partition coefficient (Wildman–Crippen LogP) is 0.443. The smallest absolute Gasteiger partial charge is 0.317 e. The Morgan fingerprint density at radius 2 is 2.09 bits per heavy atom. The number of morpholine rings is 1. The largest absolute Gasteiger partial charge is 0.378 e. The molecule has 1 N–H and O–H groups in total. The molecular weight excluding hydrogens is 294 g/mol. The van der Waals surface area contributed by atoms with E-state index in [-0.39, 0.29) is 6.03 Å². The van der Waals surface area contributed by atoms with Gasteiger partial charge in [0.05, 0.1) is 18.9 Å². The number of carbonyl (C=O) groups excluding carboxylic acids is 1. The summed E-state index contributed by atoms with van der Waals surface area (Å²) in [5.74, 6) is 1.48. The molecule has 3 aliphatic rings. The van der Waals surface area contributed by atoms with E-state index in [1.165, 1.54) is 17.7 Å². The van der Waals surface area contributed by atoms with Crippen molar-refractivity contribution in [2.24, 2.45) is 5.92 Å². The molecule has 3 heterocycles.